The van der Waals surface area contributed by atoms with E-state index in [-0.39, 0.29) is 5.91 Å². The van der Waals surface area contributed by atoms with Gasteiger partial charge in [0.25, 0.3) is 0 Å². The van der Waals surface area contributed by atoms with Gasteiger partial charge in [0.15, 0.2) is 0 Å². The number of hydrogen-bond donors (Lipinski definition) is 1. The van der Waals surface area contributed by atoms with Crippen LogP contribution in [0.1, 0.15) is 45.6 Å². The second-order valence-electron chi connectivity index (χ2n) is 6.43. The first-order chi connectivity index (χ1) is 9.48. The lowest BCUT2D eigenvalue weighted by atomic mass is 9.92. The van der Waals surface area contributed by atoms with Crippen LogP contribution in [0.15, 0.2) is 24.3 Å². The van der Waals surface area contributed by atoms with Gasteiger partial charge < -0.3 is 10.1 Å². The molecule has 0 saturated heterocycles. The molecule has 1 fully saturated rings. The standard InChI is InChI=1S/C17H25NO2/c1-4-20-15-7-5-13(6-8-15)11-16(19)18-14-9-10-17(2,3)12-14/h5-8,14H,4,9-12H2,1-3H3,(H,18,19). The number of hydrogen-bond acceptors (Lipinski definition) is 2. The van der Waals surface area contributed by atoms with Crippen molar-refractivity contribution in [2.75, 3.05) is 6.61 Å². The van der Waals surface area contributed by atoms with Crippen molar-refractivity contribution < 1.29 is 9.53 Å². The molecular formula is C17H25NO2. The quantitative estimate of drug-likeness (QED) is 0.895. The first-order valence-electron chi connectivity index (χ1n) is 7.49. The first kappa shape index (κ1) is 14.9. The Bertz CT molecular complexity index is 451. The van der Waals surface area contributed by atoms with E-state index >= 15 is 0 Å². The zero-order chi connectivity index (χ0) is 14.6. The molecule has 0 heterocycles. The summed E-state index contributed by atoms with van der Waals surface area (Å²) in [4.78, 5) is 12.0. The number of ether oxygens (including phenoxy) is 1. The first-order valence-corrected chi connectivity index (χ1v) is 7.49. The van der Waals surface area contributed by atoms with Crippen molar-refractivity contribution in [1.29, 1.82) is 0 Å². The molecule has 0 spiro atoms. The van der Waals surface area contributed by atoms with Gasteiger partial charge in [0.05, 0.1) is 13.0 Å². The number of rotatable bonds is 5. The normalized spacial score (nSPS) is 20.6. The Morgan fingerprint density at radius 1 is 1.35 bits per heavy atom. The van der Waals surface area contributed by atoms with Gasteiger partial charge in [-0.15, -0.1) is 0 Å². The zero-order valence-corrected chi connectivity index (χ0v) is 12.7. The van der Waals surface area contributed by atoms with Crippen molar-refractivity contribution >= 4 is 5.91 Å². The fourth-order valence-corrected chi connectivity index (χ4v) is 2.89. The maximum atomic E-state index is 12.0. The highest BCUT2D eigenvalue weighted by Gasteiger charge is 2.31. The molecule has 1 aliphatic rings. The summed E-state index contributed by atoms with van der Waals surface area (Å²) in [5, 5.41) is 3.15. The fraction of sp³-hybridized carbons (Fsp3) is 0.588. The highest BCUT2D eigenvalue weighted by molar-refractivity contribution is 5.78. The van der Waals surface area contributed by atoms with E-state index in [1.54, 1.807) is 0 Å². The summed E-state index contributed by atoms with van der Waals surface area (Å²) in [5.41, 5.74) is 1.40. The molecule has 1 unspecified atom stereocenters. The van der Waals surface area contributed by atoms with Crippen LogP contribution in [-0.4, -0.2) is 18.6 Å². The van der Waals surface area contributed by atoms with E-state index in [4.69, 9.17) is 4.74 Å². The number of amides is 1. The third-order valence-corrected chi connectivity index (χ3v) is 3.93. The minimum Gasteiger partial charge on any atom is -0.494 e. The second kappa shape index (κ2) is 6.29. The predicted octanol–water partition coefficient (Wildman–Crippen LogP) is 3.32. The highest BCUT2D eigenvalue weighted by atomic mass is 16.5. The van der Waals surface area contributed by atoms with Crippen LogP contribution in [0.25, 0.3) is 0 Å². The smallest absolute Gasteiger partial charge is 0.224 e. The van der Waals surface area contributed by atoms with E-state index in [1.165, 1.54) is 6.42 Å². The summed E-state index contributed by atoms with van der Waals surface area (Å²) in [7, 11) is 0. The van der Waals surface area contributed by atoms with Crippen molar-refractivity contribution in [3.63, 3.8) is 0 Å². The predicted molar refractivity (Wildman–Crippen MR) is 80.9 cm³/mol. The molecule has 1 amide bonds. The number of benzene rings is 1. The molecule has 0 radical (unpaired) electrons. The van der Waals surface area contributed by atoms with Crippen molar-refractivity contribution in [3.8, 4) is 5.75 Å². The van der Waals surface area contributed by atoms with Gasteiger partial charge in [-0.1, -0.05) is 26.0 Å². The Morgan fingerprint density at radius 2 is 2.05 bits per heavy atom. The van der Waals surface area contributed by atoms with E-state index < -0.39 is 0 Å². The summed E-state index contributed by atoms with van der Waals surface area (Å²) in [6.45, 7) is 7.17. The molecule has 1 N–H and O–H groups in total. The second-order valence-corrected chi connectivity index (χ2v) is 6.43. The van der Waals surface area contributed by atoms with Crippen LogP contribution >= 0.6 is 0 Å². The highest BCUT2D eigenvalue weighted by Crippen LogP contribution is 2.36. The average Bonchev–Trinajstić information content (AvgIpc) is 2.71. The van der Waals surface area contributed by atoms with Gasteiger partial charge in [-0.05, 0) is 49.3 Å². The molecule has 1 atom stereocenters. The molecule has 1 aromatic carbocycles. The minimum atomic E-state index is 0.122. The van der Waals surface area contributed by atoms with Crippen molar-refractivity contribution in [3.05, 3.63) is 29.8 Å². The third kappa shape index (κ3) is 4.26. The van der Waals surface area contributed by atoms with Crippen LogP contribution < -0.4 is 10.1 Å². The maximum Gasteiger partial charge on any atom is 0.224 e. The molecule has 0 aliphatic heterocycles. The van der Waals surface area contributed by atoms with Crippen LogP contribution in [0.3, 0.4) is 0 Å². The van der Waals surface area contributed by atoms with Gasteiger partial charge in [-0.25, -0.2) is 0 Å². The van der Waals surface area contributed by atoms with Crippen LogP contribution in [0.2, 0.25) is 0 Å². The summed E-state index contributed by atoms with van der Waals surface area (Å²) in [6, 6.07) is 8.11. The van der Waals surface area contributed by atoms with E-state index in [1.807, 2.05) is 31.2 Å². The molecule has 1 aliphatic carbocycles. The monoisotopic (exact) mass is 275 g/mol. The van der Waals surface area contributed by atoms with Gasteiger partial charge in [0.2, 0.25) is 5.91 Å². The van der Waals surface area contributed by atoms with Crippen LogP contribution in [0.5, 0.6) is 5.75 Å². The Kier molecular flexibility index (Phi) is 4.69. The van der Waals surface area contributed by atoms with E-state index in [0.29, 0.717) is 24.5 Å². The van der Waals surface area contributed by atoms with Crippen LogP contribution in [-0.2, 0) is 11.2 Å². The molecular weight excluding hydrogens is 250 g/mol. The van der Waals surface area contributed by atoms with E-state index in [0.717, 1.165) is 24.2 Å². The molecule has 1 saturated carbocycles. The molecule has 0 aromatic heterocycles. The SMILES string of the molecule is CCOc1ccc(CC(=O)NC2CCC(C)(C)C2)cc1. The van der Waals surface area contributed by atoms with Gasteiger partial charge in [-0.2, -0.15) is 0 Å². The van der Waals surface area contributed by atoms with E-state index in [2.05, 4.69) is 19.2 Å². The van der Waals surface area contributed by atoms with Gasteiger partial charge in [0, 0.05) is 6.04 Å². The summed E-state index contributed by atoms with van der Waals surface area (Å²) < 4.78 is 5.40. The molecule has 3 nitrogen and oxygen atoms in total. The van der Waals surface area contributed by atoms with E-state index in [9.17, 15) is 4.79 Å². The van der Waals surface area contributed by atoms with Crippen LogP contribution in [0, 0.1) is 5.41 Å². The molecule has 3 heteroatoms. The summed E-state index contributed by atoms with van der Waals surface area (Å²) in [6.07, 6.45) is 3.83. The van der Waals surface area contributed by atoms with Crippen molar-refractivity contribution in [1.82, 2.24) is 5.32 Å². The Balaban J connectivity index is 1.82. The fourth-order valence-electron chi connectivity index (χ4n) is 2.89. The van der Waals surface area contributed by atoms with Gasteiger partial charge >= 0.3 is 0 Å². The summed E-state index contributed by atoms with van der Waals surface area (Å²) >= 11 is 0. The lowest BCUT2D eigenvalue weighted by Crippen LogP contribution is -2.34. The number of carbonyl (C=O) groups is 1. The van der Waals surface area contributed by atoms with Crippen molar-refractivity contribution in [2.24, 2.45) is 5.41 Å². The lowest BCUT2D eigenvalue weighted by molar-refractivity contribution is -0.121. The molecule has 0 bridgehead atoms. The third-order valence-electron chi connectivity index (χ3n) is 3.93. The molecule has 20 heavy (non-hydrogen) atoms. The Labute approximate surface area is 121 Å². The number of carbonyl (C=O) groups excluding carboxylic acids is 1. The van der Waals surface area contributed by atoms with Crippen LogP contribution in [0.4, 0.5) is 0 Å². The Morgan fingerprint density at radius 3 is 2.60 bits per heavy atom. The number of nitrogens with one attached hydrogen (secondary N) is 1. The van der Waals surface area contributed by atoms with Crippen molar-refractivity contribution in [2.45, 2.75) is 52.5 Å². The van der Waals surface area contributed by atoms with Gasteiger partial charge in [-0.3, -0.25) is 4.79 Å². The molecule has 110 valence electrons. The largest absolute Gasteiger partial charge is 0.494 e. The Hall–Kier alpha value is -1.51. The topological polar surface area (TPSA) is 38.3 Å². The minimum absolute atomic E-state index is 0.122. The summed E-state index contributed by atoms with van der Waals surface area (Å²) in [5.74, 6) is 0.978. The molecule has 1 aromatic rings. The lowest BCUT2D eigenvalue weighted by Gasteiger charge is -2.17. The molecule has 2 rings (SSSR count). The zero-order valence-electron chi connectivity index (χ0n) is 12.7. The maximum absolute atomic E-state index is 12.0. The van der Waals surface area contributed by atoms with Gasteiger partial charge in [0.1, 0.15) is 5.75 Å². The average molecular weight is 275 g/mol.